The van der Waals surface area contributed by atoms with E-state index in [1.807, 2.05) is 18.2 Å². The molecule has 0 aliphatic rings. The van der Waals surface area contributed by atoms with Crippen LogP contribution >= 0.6 is 15.6 Å². The molecule has 19 heteroatoms. The highest BCUT2D eigenvalue weighted by molar-refractivity contribution is 7.47. The highest BCUT2D eigenvalue weighted by atomic mass is 31.2. The van der Waals surface area contributed by atoms with Crippen LogP contribution in [-0.2, 0) is 65.4 Å². The van der Waals surface area contributed by atoms with Gasteiger partial charge in [-0.1, -0.05) is 283 Å². The lowest BCUT2D eigenvalue weighted by Crippen LogP contribution is -2.30. The number of phosphoric ester groups is 2. The third kappa shape index (κ3) is 77.1. The summed E-state index contributed by atoms with van der Waals surface area (Å²) in [5, 5.41) is 10.7. The van der Waals surface area contributed by atoms with Crippen molar-refractivity contribution in [3.05, 3.63) is 146 Å². The van der Waals surface area contributed by atoms with Crippen LogP contribution in [0.4, 0.5) is 0 Å². The lowest BCUT2D eigenvalue weighted by molar-refractivity contribution is -0.161. The van der Waals surface area contributed by atoms with E-state index in [0.717, 1.165) is 173 Å². The van der Waals surface area contributed by atoms with Gasteiger partial charge in [0.1, 0.15) is 19.3 Å². The second-order valence-corrected chi connectivity index (χ2v) is 29.9. The van der Waals surface area contributed by atoms with E-state index >= 15 is 0 Å². The summed E-state index contributed by atoms with van der Waals surface area (Å²) in [7, 11) is -10.00. The van der Waals surface area contributed by atoms with Crippen molar-refractivity contribution in [2.75, 3.05) is 39.6 Å². The lowest BCUT2D eigenvalue weighted by atomic mass is 10.1. The number of carbonyl (C=O) groups excluding carboxylic acids is 4. The summed E-state index contributed by atoms with van der Waals surface area (Å²) in [6, 6.07) is 0. The van der Waals surface area contributed by atoms with Crippen molar-refractivity contribution < 1.29 is 80.2 Å². The maximum absolute atomic E-state index is 13.1. The zero-order chi connectivity index (χ0) is 77.4. The molecule has 106 heavy (non-hydrogen) atoms. The summed E-state index contributed by atoms with van der Waals surface area (Å²) in [5.74, 6) is -2.31. The van der Waals surface area contributed by atoms with Gasteiger partial charge in [0.25, 0.3) is 0 Å². The molecule has 0 aliphatic carbocycles. The van der Waals surface area contributed by atoms with Crippen molar-refractivity contribution in [1.29, 1.82) is 0 Å². The average Bonchev–Trinajstić information content (AvgIpc) is 0.903. The monoisotopic (exact) mass is 1530 g/mol. The molecule has 0 heterocycles. The van der Waals surface area contributed by atoms with Crippen molar-refractivity contribution in [3.8, 4) is 0 Å². The molecule has 0 aromatic rings. The molecule has 0 saturated heterocycles. The van der Waals surface area contributed by atoms with Crippen LogP contribution in [-0.4, -0.2) is 96.7 Å². The van der Waals surface area contributed by atoms with Gasteiger partial charge in [0.05, 0.1) is 26.4 Å². The molecule has 606 valence electrons. The fourth-order valence-electron chi connectivity index (χ4n) is 10.5. The molecule has 0 aliphatic heterocycles. The van der Waals surface area contributed by atoms with E-state index in [4.69, 9.17) is 37.0 Å². The molecule has 0 aromatic heterocycles. The first-order valence-corrected chi connectivity index (χ1v) is 44.1. The summed E-state index contributed by atoms with van der Waals surface area (Å²) in [6.45, 7) is 4.58. The van der Waals surface area contributed by atoms with Crippen LogP contribution in [0.25, 0.3) is 0 Å². The average molecular weight is 1530 g/mol. The number of aliphatic hydroxyl groups is 1. The van der Waals surface area contributed by atoms with Gasteiger partial charge < -0.3 is 33.8 Å². The zero-order valence-corrected chi connectivity index (χ0v) is 68.1. The van der Waals surface area contributed by atoms with Crippen LogP contribution in [0.1, 0.15) is 323 Å². The Balaban J connectivity index is 5.46. The van der Waals surface area contributed by atoms with Crippen LogP contribution in [0.15, 0.2) is 146 Å². The Kier molecular flexibility index (Phi) is 74.3. The van der Waals surface area contributed by atoms with E-state index in [0.29, 0.717) is 32.1 Å². The molecule has 0 fully saturated rings. The highest BCUT2D eigenvalue weighted by Crippen LogP contribution is 2.45. The molecule has 5 atom stereocenters. The molecular formula is C87H146O17P2. The summed E-state index contributed by atoms with van der Waals surface area (Å²) >= 11 is 0. The summed E-state index contributed by atoms with van der Waals surface area (Å²) in [6.07, 6.45) is 89.7. The molecule has 0 aromatic carbocycles. The van der Waals surface area contributed by atoms with Gasteiger partial charge in [0.2, 0.25) is 0 Å². The second-order valence-electron chi connectivity index (χ2n) is 27.0. The predicted octanol–water partition coefficient (Wildman–Crippen LogP) is 24.2. The summed E-state index contributed by atoms with van der Waals surface area (Å²) in [5.41, 5.74) is 0. The number of hydrogen-bond acceptors (Lipinski definition) is 15. The minimum atomic E-state index is -5.01. The third-order valence-electron chi connectivity index (χ3n) is 16.8. The van der Waals surface area contributed by atoms with Crippen molar-refractivity contribution in [2.45, 2.75) is 341 Å². The molecule has 0 saturated carbocycles. The Hall–Kier alpha value is -5.06. The molecule has 0 bridgehead atoms. The minimum Gasteiger partial charge on any atom is -0.462 e. The van der Waals surface area contributed by atoms with Gasteiger partial charge in [0, 0.05) is 25.7 Å². The zero-order valence-electron chi connectivity index (χ0n) is 66.3. The van der Waals surface area contributed by atoms with Gasteiger partial charge in [-0.05, 0) is 161 Å². The van der Waals surface area contributed by atoms with Crippen molar-refractivity contribution >= 4 is 39.5 Å². The molecular weight excluding hydrogens is 1380 g/mol. The summed E-state index contributed by atoms with van der Waals surface area (Å²) < 4.78 is 68.6. The minimum absolute atomic E-state index is 0.0289. The first kappa shape index (κ1) is 101. The van der Waals surface area contributed by atoms with Gasteiger partial charge in [-0.25, -0.2) is 9.13 Å². The van der Waals surface area contributed by atoms with Crippen molar-refractivity contribution in [1.82, 2.24) is 0 Å². The van der Waals surface area contributed by atoms with E-state index in [-0.39, 0.29) is 25.7 Å². The Morgan fingerprint density at radius 2 is 0.509 bits per heavy atom. The SMILES string of the molecule is CC/C=C\C/C=C\C/C=C\C/C=C\C/C=C\C/C=C\CCC(=O)OCC(COP(=O)(O)OCC(O)COP(=O)(O)OCC(COC(=O)CCCCCCC/C=C\C/C=C\CCCCC)OC(=O)CCCCCCC/C=C\CCCCCC)OC(=O)CCCCCCCC/C=C\C/C=C\C/C=C\CCCCC. The Morgan fingerprint density at radius 3 is 0.840 bits per heavy atom. The largest absolute Gasteiger partial charge is 0.472 e. The topological polar surface area (TPSA) is 237 Å². The number of carbonyl (C=O) groups is 4. The van der Waals surface area contributed by atoms with E-state index in [1.165, 1.54) is 64.2 Å². The van der Waals surface area contributed by atoms with E-state index in [2.05, 4.69) is 155 Å². The first-order valence-electron chi connectivity index (χ1n) is 41.1. The van der Waals surface area contributed by atoms with E-state index in [1.54, 1.807) is 0 Å². The maximum Gasteiger partial charge on any atom is 0.472 e. The number of phosphoric acid groups is 2. The molecule has 0 rings (SSSR count). The third-order valence-corrected chi connectivity index (χ3v) is 18.7. The van der Waals surface area contributed by atoms with Gasteiger partial charge in [-0.15, -0.1) is 0 Å². The van der Waals surface area contributed by atoms with E-state index < -0.39 is 97.5 Å². The van der Waals surface area contributed by atoms with Gasteiger partial charge >= 0.3 is 39.5 Å². The number of ether oxygens (including phenoxy) is 4. The number of hydrogen-bond donors (Lipinski definition) is 3. The number of rotatable bonds is 76. The molecule has 3 N–H and O–H groups in total. The standard InChI is InChI=1S/C87H146O17P2/c1-5-9-13-17-21-25-29-33-36-38-40-42-45-49-52-56-60-64-68-72-85(90)98-78-83(104-87(92)74-70-66-62-58-54-50-46-43-41-39-37-34-30-26-22-18-14-10-6-2)80-102-106(95,96)100-76-81(88)75-99-105(93,94)101-79-82(103-86(91)73-69-65-61-57-53-47-32-28-24-20-16-12-8-4)77-97-84(89)71-67-63-59-55-51-48-44-35-31-27-23-19-15-11-7-3/h9,13,21-23,25-28,32-37,40-44,49,52,60,64,81-83,88H,5-8,10-12,14-20,24,29-31,38-39,45-48,50-51,53-59,61-63,65-80H2,1-4H3,(H,93,94)(H,95,96)/b13-9-,25-21-,26-22-,27-23-,32-28-,36-33-,37-34-,42-40-,43-41-,44-35-,52-49-,64-60-. The number of esters is 4. The van der Waals surface area contributed by atoms with Crippen LogP contribution in [0.3, 0.4) is 0 Å². The van der Waals surface area contributed by atoms with Gasteiger partial charge in [-0.2, -0.15) is 0 Å². The Morgan fingerprint density at radius 1 is 0.274 bits per heavy atom. The van der Waals surface area contributed by atoms with Crippen molar-refractivity contribution in [3.63, 3.8) is 0 Å². The molecule has 5 unspecified atom stereocenters. The fraction of sp³-hybridized carbons (Fsp3) is 0.678. The number of unbranched alkanes of at least 4 members (excludes halogenated alkanes) is 26. The van der Waals surface area contributed by atoms with Gasteiger partial charge in [0.15, 0.2) is 12.2 Å². The smallest absolute Gasteiger partial charge is 0.462 e. The van der Waals surface area contributed by atoms with Crippen LogP contribution in [0.2, 0.25) is 0 Å². The normalized spacial score (nSPS) is 14.6. The van der Waals surface area contributed by atoms with Crippen LogP contribution in [0.5, 0.6) is 0 Å². The Labute approximate surface area is 643 Å². The van der Waals surface area contributed by atoms with Crippen LogP contribution < -0.4 is 0 Å². The van der Waals surface area contributed by atoms with E-state index in [9.17, 15) is 43.2 Å². The lowest BCUT2D eigenvalue weighted by Gasteiger charge is -2.21. The molecule has 0 radical (unpaired) electrons. The number of allylic oxidation sites excluding steroid dienone is 24. The quantitative estimate of drug-likeness (QED) is 0.0169. The van der Waals surface area contributed by atoms with Gasteiger partial charge in [-0.3, -0.25) is 37.3 Å². The summed E-state index contributed by atoms with van der Waals surface area (Å²) in [4.78, 5) is 73.1. The predicted molar refractivity (Wildman–Crippen MR) is 436 cm³/mol. The number of aliphatic hydroxyl groups excluding tert-OH is 1. The second kappa shape index (κ2) is 78.1. The molecule has 0 spiro atoms. The van der Waals surface area contributed by atoms with Crippen LogP contribution in [0, 0.1) is 0 Å². The molecule has 0 amide bonds. The first-order chi connectivity index (χ1) is 51.7. The van der Waals surface area contributed by atoms with Crippen molar-refractivity contribution in [2.24, 2.45) is 0 Å². The highest BCUT2D eigenvalue weighted by Gasteiger charge is 2.30. The molecule has 17 nitrogen and oxygen atoms in total. The fourth-order valence-corrected chi connectivity index (χ4v) is 12.1. The maximum atomic E-state index is 13.1. The Bertz CT molecular complexity index is 2580.